The van der Waals surface area contributed by atoms with E-state index >= 15 is 0 Å². The van der Waals surface area contributed by atoms with Crippen molar-refractivity contribution in [1.82, 2.24) is 0 Å². The molecule has 0 aromatic heterocycles. The van der Waals surface area contributed by atoms with Gasteiger partial charge in [0.25, 0.3) is 11.8 Å². The van der Waals surface area contributed by atoms with Crippen molar-refractivity contribution in [2.45, 2.75) is 0 Å². The molecule has 0 aliphatic heterocycles. The summed E-state index contributed by atoms with van der Waals surface area (Å²) in [7, 11) is 0. The van der Waals surface area contributed by atoms with Gasteiger partial charge >= 0.3 is 0 Å². The average molecular weight is 364 g/mol. The van der Waals surface area contributed by atoms with Crippen LogP contribution in [0.1, 0.15) is 10.4 Å². The Labute approximate surface area is 155 Å². The molecule has 0 saturated heterocycles. The number of amides is 2. The summed E-state index contributed by atoms with van der Waals surface area (Å²) in [6, 6.07) is 21.0. The van der Waals surface area contributed by atoms with E-state index in [1.54, 1.807) is 36.4 Å². The molecule has 3 aromatic carbocycles. The number of anilines is 2. The van der Waals surface area contributed by atoms with Crippen molar-refractivity contribution in [3.63, 3.8) is 0 Å². The molecule has 0 fully saturated rings. The number of carbonyl (C=O) groups is 2. The highest BCUT2D eigenvalue weighted by molar-refractivity contribution is 6.05. The van der Waals surface area contributed by atoms with E-state index < -0.39 is 0 Å². The van der Waals surface area contributed by atoms with Crippen LogP contribution < -0.4 is 15.4 Å². The molecule has 0 atom stereocenters. The largest absolute Gasteiger partial charge is 0.484 e. The molecule has 0 radical (unpaired) electrons. The molecule has 136 valence electrons. The van der Waals surface area contributed by atoms with Gasteiger partial charge < -0.3 is 15.4 Å². The number of ether oxygens (including phenoxy) is 1. The van der Waals surface area contributed by atoms with E-state index in [2.05, 4.69) is 10.6 Å². The van der Waals surface area contributed by atoms with Gasteiger partial charge in [0, 0.05) is 16.9 Å². The normalized spacial score (nSPS) is 10.1. The fourth-order valence-electron chi connectivity index (χ4n) is 2.34. The van der Waals surface area contributed by atoms with Gasteiger partial charge in [-0.05, 0) is 54.6 Å². The molecule has 5 nitrogen and oxygen atoms in total. The number of nitrogens with one attached hydrogen (secondary N) is 2. The summed E-state index contributed by atoms with van der Waals surface area (Å²) in [6.45, 7) is -0.143. The Kier molecular flexibility index (Phi) is 5.79. The first-order valence-corrected chi connectivity index (χ1v) is 8.25. The van der Waals surface area contributed by atoms with Crippen LogP contribution in [0.3, 0.4) is 0 Å². The molecular weight excluding hydrogens is 347 g/mol. The summed E-state index contributed by atoms with van der Waals surface area (Å²) in [4.78, 5) is 24.3. The van der Waals surface area contributed by atoms with Crippen LogP contribution in [0.25, 0.3) is 0 Å². The highest BCUT2D eigenvalue weighted by Crippen LogP contribution is 2.15. The van der Waals surface area contributed by atoms with Crippen LogP contribution in [0.5, 0.6) is 5.75 Å². The second-order valence-corrected chi connectivity index (χ2v) is 5.69. The fourth-order valence-corrected chi connectivity index (χ4v) is 2.34. The maximum atomic E-state index is 12.9. The van der Waals surface area contributed by atoms with Crippen LogP contribution in [0.15, 0.2) is 78.9 Å². The molecule has 3 rings (SSSR count). The van der Waals surface area contributed by atoms with E-state index in [1.807, 2.05) is 18.2 Å². The van der Waals surface area contributed by atoms with Gasteiger partial charge in [0.05, 0.1) is 0 Å². The van der Waals surface area contributed by atoms with Crippen molar-refractivity contribution in [2.24, 2.45) is 0 Å². The van der Waals surface area contributed by atoms with Gasteiger partial charge in [0.1, 0.15) is 11.6 Å². The van der Waals surface area contributed by atoms with Crippen molar-refractivity contribution < 1.29 is 18.7 Å². The van der Waals surface area contributed by atoms with Crippen molar-refractivity contribution in [3.05, 3.63) is 90.2 Å². The van der Waals surface area contributed by atoms with Crippen LogP contribution in [0.2, 0.25) is 0 Å². The standard InChI is InChI=1S/C21H17FN2O3/c22-16-9-11-17(12-10-16)24-21(26)15-5-4-6-18(13-15)23-20(25)14-27-19-7-2-1-3-8-19/h1-13H,14H2,(H,23,25)(H,24,26). The summed E-state index contributed by atoms with van der Waals surface area (Å²) in [5, 5.41) is 5.35. The second-order valence-electron chi connectivity index (χ2n) is 5.69. The molecule has 2 N–H and O–H groups in total. The van der Waals surface area contributed by atoms with E-state index in [1.165, 1.54) is 24.3 Å². The van der Waals surface area contributed by atoms with Gasteiger partial charge in [0.15, 0.2) is 6.61 Å². The number of hydrogen-bond acceptors (Lipinski definition) is 3. The zero-order valence-corrected chi connectivity index (χ0v) is 14.3. The van der Waals surface area contributed by atoms with Crippen molar-refractivity contribution >= 4 is 23.2 Å². The first kappa shape index (κ1) is 18.1. The van der Waals surface area contributed by atoms with Gasteiger partial charge in [-0.25, -0.2) is 4.39 Å². The average Bonchev–Trinajstić information content (AvgIpc) is 2.69. The van der Waals surface area contributed by atoms with Crippen molar-refractivity contribution in [1.29, 1.82) is 0 Å². The minimum absolute atomic E-state index is 0.143. The Morgan fingerprint density at radius 3 is 2.30 bits per heavy atom. The molecule has 0 aliphatic rings. The number of rotatable bonds is 6. The molecule has 27 heavy (non-hydrogen) atoms. The first-order chi connectivity index (χ1) is 13.1. The fraction of sp³-hybridized carbons (Fsp3) is 0.0476. The van der Waals surface area contributed by atoms with E-state index in [4.69, 9.17) is 4.74 Å². The maximum Gasteiger partial charge on any atom is 0.262 e. The third-order valence-corrected chi connectivity index (χ3v) is 3.62. The monoisotopic (exact) mass is 364 g/mol. The lowest BCUT2D eigenvalue weighted by Crippen LogP contribution is -2.20. The predicted molar refractivity (Wildman–Crippen MR) is 101 cm³/mol. The summed E-state index contributed by atoms with van der Waals surface area (Å²) < 4.78 is 18.3. The van der Waals surface area contributed by atoms with Gasteiger partial charge in [0.2, 0.25) is 0 Å². The van der Waals surface area contributed by atoms with E-state index in [9.17, 15) is 14.0 Å². The number of para-hydroxylation sites is 1. The number of halogens is 1. The lowest BCUT2D eigenvalue weighted by atomic mass is 10.2. The lowest BCUT2D eigenvalue weighted by molar-refractivity contribution is -0.118. The zero-order valence-electron chi connectivity index (χ0n) is 14.3. The molecule has 2 amide bonds. The smallest absolute Gasteiger partial charge is 0.262 e. The molecule has 0 spiro atoms. The second kappa shape index (κ2) is 8.62. The summed E-state index contributed by atoms with van der Waals surface area (Å²) in [5.74, 6) is -0.483. The van der Waals surface area contributed by atoms with Crippen LogP contribution in [-0.4, -0.2) is 18.4 Å². The van der Waals surface area contributed by atoms with E-state index in [-0.39, 0.29) is 24.2 Å². The van der Waals surface area contributed by atoms with Crippen molar-refractivity contribution in [3.8, 4) is 5.75 Å². The SMILES string of the molecule is O=C(COc1ccccc1)Nc1cccc(C(=O)Nc2ccc(F)cc2)c1. The van der Waals surface area contributed by atoms with Gasteiger partial charge in [-0.15, -0.1) is 0 Å². The lowest BCUT2D eigenvalue weighted by Gasteiger charge is -2.09. The highest BCUT2D eigenvalue weighted by Gasteiger charge is 2.09. The molecular formula is C21H17FN2O3. The number of benzene rings is 3. The third-order valence-electron chi connectivity index (χ3n) is 3.62. The highest BCUT2D eigenvalue weighted by atomic mass is 19.1. The van der Waals surface area contributed by atoms with E-state index in [0.29, 0.717) is 22.7 Å². The predicted octanol–water partition coefficient (Wildman–Crippen LogP) is 4.10. The topological polar surface area (TPSA) is 67.4 Å². The quantitative estimate of drug-likeness (QED) is 0.692. The Balaban J connectivity index is 1.58. The maximum absolute atomic E-state index is 12.9. The zero-order chi connectivity index (χ0) is 19.1. The molecule has 0 aliphatic carbocycles. The minimum atomic E-state index is -0.379. The Morgan fingerprint density at radius 2 is 1.56 bits per heavy atom. The van der Waals surface area contributed by atoms with Crippen LogP contribution in [0.4, 0.5) is 15.8 Å². The summed E-state index contributed by atoms with van der Waals surface area (Å²) in [6.07, 6.45) is 0. The molecule has 0 heterocycles. The number of hydrogen-bond donors (Lipinski definition) is 2. The molecule has 3 aromatic rings. The first-order valence-electron chi connectivity index (χ1n) is 8.25. The summed E-state index contributed by atoms with van der Waals surface area (Å²) >= 11 is 0. The molecule has 0 saturated carbocycles. The van der Waals surface area contributed by atoms with Gasteiger partial charge in [-0.2, -0.15) is 0 Å². The molecule has 0 unspecified atom stereocenters. The summed E-state index contributed by atoms with van der Waals surface area (Å²) in [5.41, 5.74) is 1.32. The third kappa shape index (κ3) is 5.40. The molecule has 6 heteroatoms. The van der Waals surface area contributed by atoms with Gasteiger partial charge in [-0.3, -0.25) is 9.59 Å². The Hall–Kier alpha value is -3.67. The van der Waals surface area contributed by atoms with Crippen LogP contribution in [-0.2, 0) is 4.79 Å². The van der Waals surface area contributed by atoms with Crippen LogP contribution >= 0.6 is 0 Å². The Bertz CT molecular complexity index is 928. The Morgan fingerprint density at radius 1 is 0.815 bits per heavy atom. The van der Waals surface area contributed by atoms with Crippen LogP contribution in [0, 0.1) is 5.82 Å². The molecule has 0 bridgehead atoms. The minimum Gasteiger partial charge on any atom is -0.484 e. The van der Waals surface area contributed by atoms with Gasteiger partial charge in [-0.1, -0.05) is 24.3 Å². The van der Waals surface area contributed by atoms with Crippen molar-refractivity contribution in [2.75, 3.05) is 17.2 Å². The number of carbonyl (C=O) groups excluding carboxylic acids is 2. The van der Waals surface area contributed by atoms with E-state index in [0.717, 1.165) is 0 Å².